The molecule has 0 fully saturated rings. The maximum atomic E-state index is 2.39. The van der Waals surface area contributed by atoms with Crippen molar-refractivity contribution in [3.8, 4) is 0 Å². The van der Waals surface area contributed by atoms with Crippen molar-refractivity contribution in [2.45, 2.75) is 21.6 Å². The average Bonchev–Trinajstić information content (AvgIpc) is 2.96. The fraction of sp³-hybridized carbons (Fsp3) is 0.222. The zero-order valence-corrected chi connectivity index (χ0v) is 14.5. The van der Waals surface area contributed by atoms with Crippen molar-refractivity contribution in [1.82, 2.24) is 0 Å². The van der Waals surface area contributed by atoms with Gasteiger partial charge in [-0.25, -0.2) is 0 Å². The van der Waals surface area contributed by atoms with Crippen LogP contribution in [0.2, 0.25) is 0 Å². The molecule has 2 aromatic rings. The highest BCUT2D eigenvalue weighted by Crippen LogP contribution is 2.53. The first-order valence-electron chi connectivity index (χ1n) is 7.34. The van der Waals surface area contributed by atoms with E-state index in [-0.39, 0.29) is 4.87 Å². The van der Waals surface area contributed by atoms with E-state index in [0.717, 1.165) is 0 Å². The molecule has 1 atom stereocenters. The number of hydrogen-bond acceptors (Lipinski definition) is 4. The van der Waals surface area contributed by atoms with Gasteiger partial charge >= 0.3 is 0 Å². The van der Waals surface area contributed by atoms with Crippen LogP contribution in [0.3, 0.4) is 0 Å². The van der Waals surface area contributed by atoms with Gasteiger partial charge in [-0.2, -0.15) is 0 Å². The summed E-state index contributed by atoms with van der Waals surface area (Å²) in [6, 6.07) is 17.2. The molecule has 0 radical (unpaired) electrons. The van der Waals surface area contributed by atoms with E-state index in [9.17, 15) is 0 Å². The zero-order valence-electron chi connectivity index (χ0n) is 12.9. The molecule has 2 aliphatic heterocycles. The summed E-state index contributed by atoms with van der Waals surface area (Å²) in [6.07, 6.45) is 2.39. The summed E-state index contributed by atoms with van der Waals surface area (Å²) >= 11 is 3.78. The maximum Gasteiger partial charge on any atom is 0.109 e. The molecule has 112 valence electrons. The van der Waals surface area contributed by atoms with Gasteiger partial charge in [0.25, 0.3) is 0 Å². The predicted octanol–water partition coefficient (Wildman–Crippen LogP) is 5.03. The molecule has 2 heterocycles. The van der Waals surface area contributed by atoms with E-state index in [0.29, 0.717) is 0 Å². The van der Waals surface area contributed by atoms with E-state index in [1.54, 1.807) is 0 Å². The van der Waals surface area contributed by atoms with Crippen LogP contribution in [0.25, 0.3) is 0 Å². The highest BCUT2D eigenvalue weighted by Gasteiger charge is 2.38. The molecule has 0 spiro atoms. The van der Waals surface area contributed by atoms with Crippen molar-refractivity contribution in [3.63, 3.8) is 0 Å². The largest absolute Gasteiger partial charge is 0.355 e. The van der Waals surface area contributed by atoms with E-state index in [1.807, 2.05) is 23.5 Å². The molecule has 0 saturated heterocycles. The first-order chi connectivity index (χ1) is 10.6. The number of nitrogens with zero attached hydrogens (tertiary/aromatic N) is 2. The van der Waals surface area contributed by atoms with Gasteiger partial charge in [-0.3, -0.25) is 0 Å². The second-order valence-electron chi connectivity index (χ2n) is 5.79. The number of likely N-dealkylation sites (N-methyl/N-ethyl adjacent to an activating group) is 1. The number of rotatable bonds is 1. The summed E-state index contributed by atoms with van der Waals surface area (Å²) in [5, 5.41) is 1.30. The third kappa shape index (κ3) is 2.05. The quantitative estimate of drug-likeness (QED) is 0.725. The monoisotopic (exact) mass is 326 g/mol. The van der Waals surface area contributed by atoms with E-state index in [2.05, 4.69) is 85.4 Å². The average molecular weight is 326 g/mol. The van der Waals surface area contributed by atoms with Gasteiger partial charge < -0.3 is 9.80 Å². The minimum absolute atomic E-state index is 0.0533. The number of fused-ring (bicyclic) bond motifs is 2. The smallest absolute Gasteiger partial charge is 0.109 e. The molecule has 22 heavy (non-hydrogen) atoms. The Balaban J connectivity index is 1.70. The van der Waals surface area contributed by atoms with E-state index >= 15 is 0 Å². The summed E-state index contributed by atoms with van der Waals surface area (Å²) in [4.78, 5) is 7.30. The summed E-state index contributed by atoms with van der Waals surface area (Å²) in [5.41, 5.74) is 2.61. The van der Waals surface area contributed by atoms with Gasteiger partial charge in [0.1, 0.15) is 4.87 Å². The molecule has 0 bridgehead atoms. The van der Waals surface area contributed by atoms with Crippen LogP contribution in [-0.2, 0) is 0 Å². The Bertz CT molecular complexity index is 771. The molecule has 0 N–H and O–H groups in total. The van der Waals surface area contributed by atoms with Crippen LogP contribution in [0.5, 0.6) is 0 Å². The van der Waals surface area contributed by atoms with Crippen molar-refractivity contribution < 1.29 is 0 Å². The summed E-state index contributed by atoms with van der Waals surface area (Å²) < 4.78 is 0. The first-order valence-corrected chi connectivity index (χ1v) is 8.97. The Morgan fingerprint density at radius 3 is 2.23 bits per heavy atom. The van der Waals surface area contributed by atoms with Gasteiger partial charge in [-0.1, -0.05) is 47.8 Å². The molecule has 2 aliphatic rings. The number of thioether (sulfide) groups is 2. The van der Waals surface area contributed by atoms with Crippen molar-refractivity contribution >= 4 is 34.9 Å². The lowest BCUT2D eigenvalue weighted by molar-refractivity contribution is 0.771. The molecule has 0 aliphatic carbocycles. The third-order valence-corrected chi connectivity index (χ3v) is 6.91. The van der Waals surface area contributed by atoms with Crippen LogP contribution in [0.15, 0.2) is 69.4 Å². The van der Waals surface area contributed by atoms with Gasteiger partial charge in [0.2, 0.25) is 0 Å². The van der Waals surface area contributed by atoms with Crippen LogP contribution in [0.4, 0.5) is 11.4 Å². The van der Waals surface area contributed by atoms with Gasteiger partial charge in [-0.05, 0) is 37.3 Å². The molecule has 2 aromatic carbocycles. The molecular formula is C18H18N2S2. The van der Waals surface area contributed by atoms with Gasteiger partial charge in [-0.15, -0.1) is 0 Å². The summed E-state index contributed by atoms with van der Waals surface area (Å²) in [5.74, 6) is 0. The molecule has 0 amide bonds. The number of hydrogen-bond donors (Lipinski definition) is 0. The summed E-state index contributed by atoms with van der Waals surface area (Å²) in [7, 11) is 4.34. The highest BCUT2D eigenvalue weighted by atomic mass is 32.2. The van der Waals surface area contributed by atoms with Crippen molar-refractivity contribution in [2.75, 3.05) is 23.9 Å². The van der Waals surface area contributed by atoms with Crippen molar-refractivity contribution in [2.24, 2.45) is 0 Å². The number of benzene rings is 2. The fourth-order valence-corrected chi connectivity index (χ4v) is 5.54. The van der Waals surface area contributed by atoms with Gasteiger partial charge in [0, 0.05) is 23.9 Å². The highest BCUT2D eigenvalue weighted by molar-refractivity contribution is 8.04. The zero-order chi connectivity index (χ0) is 15.3. The summed E-state index contributed by atoms with van der Waals surface area (Å²) in [6.45, 7) is 2.29. The first kappa shape index (κ1) is 14.1. The van der Waals surface area contributed by atoms with Crippen molar-refractivity contribution in [1.29, 1.82) is 0 Å². The van der Waals surface area contributed by atoms with Crippen LogP contribution in [0, 0.1) is 0 Å². The standard InChI is InChI=1S/C18H18N2S2/c1-18(20(3)14-9-5-7-11-16(14)22-18)12-17-19(2)13-8-4-6-10-15(13)21-17/h4-12H,1-3H3. The second kappa shape index (κ2) is 5.00. The number of anilines is 2. The maximum absolute atomic E-state index is 2.39. The Morgan fingerprint density at radius 2 is 1.55 bits per heavy atom. The van der Waals surface area contributed by atoms with Gasteiger partial charge in [0.05, 0.1) is 16.4 Å². The minimum Gasteiger partial charge on any atom is -0.355 e. The molecule has 0 aromatic heterocycles. The molecule has 1 unspecified atom stereocenters. The normalized spacial score (nSPS) is 24.8. The molecule has 4 rings (SSSR count). The molecule has 4 heteroatoms. The lowest BCUT2D eigenvalue weighted by Crippen LogP contribution is -2.36. The molecule has 0 saturated carbocycles. The second-order valence-corrected chi connectivity index (χ2v) is 8.33. The Labute approximate surface area is 140 Å². The van der Waals surface area contributed by atoms with Crippen LogP contribution < -0.4 is 9.80 Å². The fourth-order valence-electron chi connectivity index (χ4n) is 2.95. The van der Waals surface area contributed by atoms with Crippen molar-refractivity contribution in [3.05, 3.63) is 59.6 Å². The third-order valence-electron chi connectivity index (χ3n) is 4.37. The lowest BCUT2D eigenvalue weighted by atomic mass is 10.2. The lowest BCUT2D eigenvalue weighted by Gasteiger charge is -2.31. The van der Waals surface area contributed by atoms with E-state index < -0.39 is 0 Å². The Hall–Kier alpha value is -1.52. The predicted molar refractivity (Wildman–Crippen MR) is 97.9 cm³/mol. The topological polar surface area (TPSA) is 6.48 Å². The SMILES string of the molecule is CN1C(=CC2(C)Sc3ccccc3N2C)Sc2ccccc21. The van der Waals surface area contributed by atoms with Crippen LogP contribution >= 0.6 is 23.5 Å². The molecule has 2 nitrogen and oxygen atoms in total. The Kier molecular flexibility index (Phi) is 3.20. The Morgan fingerprint density at radius 1 is 0.909 bits per heavy atom. The van der Waals surface area contributed by atoms with Gasteiger partial charge in [0.15, 0.2) is 0 Å². The van der Waals surface area contributed by atoms with Crippen LogP contribution in [0.1, 0.15) is 6.92 Å². The number of para-hydroxylation sites is 2. The van der Waals surface area contributed by atoms with Crippen LogP contribution in [-0.4, -0.2) is 19.0 Å². The van der Waals surface area contributed by atoms with E-state index in [4.69, 9.17) is 0 Å². The minimum atomic E-state index is -0.0533. The van der Waals surface area contributed by atoms with E-state index in [1.165, 1.54) is 26.2 Å². The molecular weight excluding hydrogens is 308 g/mol.